The number of hydrogen-bond donors (Lipinski definition) is 2. The lowest BCUT2D eigenvalue weighted by molar-refractivity contribution is 0.00706. The monoisotopic (exact) mass is 300 g/mol. The van der Waals surface area contributed by atoms with Gasteiger partial charge in [0.05, 0.1) is 39.6 Å². The van der Waals surface area contributed by atoms with Crippen LogP contribution in [0.5, 0.6) is 0 Å². The predicted octanol–water partition coefficient (Wildman–Crippen LogP) is 1.34. The zero-order chi connectivity index (χ0) is 14.4. The molecule has 7 nitrogen and oxygen atoms in total. The molecule has 0 radical (unpaired) electrons. The van der Waals surface area contributed by atoms with Gasteiger partial charge in [-0.3, -0.25) is 4.52 Å². The molecule has 0 bridgehead atoms. The Morgan fingerprint density at radius 1 is 0.789 bits per heavy atom. The first kappa shape index (κ1) is 19.0. The first-order valence-electron chi connectivity index (χ1n) is 6.49. The molecule has 0 amide bonds. The molecule has 0 aliphatic carbocycles. The van der Waals surface area contributed by atoms with E-state index in [4.69, 9.17) is 24.0 Å². The smallest absolute Gasteiger partial charge is 0.379 e. The van der Waals surface area contributed by atoms with Gasteiger partial charge in [0, 0.05) is 6.61 Å². The molecule has 0 aromatic heterocycles. The van der Waals surface area contributed by atoms with Crippen molar-refractivity contribution < 1.29 is 33.1 Å². The average molecular weight is 300 g/mol. The van der Waals surface area contributed by atoms with Crippen LogP contribution in [0.1, 0.15) is 26.2 Å². The molecule has 19 heavy (non-hydrogen) atoms. The van der Waals surface area contributed by atoms with Gasteiger partial charge in [-0.25, -0.2) is 4.57 Å². The standard InChI is InChI=1S/C11H25O7P/c1-2-3-4-5-15-6-7-16-8-9-17-10-11-18-19(12,13)14/h2-11H2,1H3,(H2,12,13,14). The SMILES string of the molecule is CCCCCOCCOCCOCCOP(=O)(O)O. The Kier molecular flexibility index (Phi) is 13.0. The van der Waals surface area contributed by atoms with E-state index in [2.05, 4.69) is 11.4 Å². The molecule has 8 heteroatoms. The van der Waals surface area contributed by atoms with Gasteiger partial charge >= 0.3 is 7.82 Å². The molecule has 0 spiro atoms. The second-order valence-corrected chi connectivity index (χ2v) is 5.11. The Morgan fingerprint density at radius 3 is 1.74 bits per heavy atom. The van der Waals surface area contributed by atoms with Gasteiger partial charge in [0.25, 0.3) is 0 Å². The summed E-state index contributed by atoms with van der Waals surface area (Å²) in [6.45, 7) is 4.79. The lowest BCUT2D eigenvalue weighted by Crippen LogP contribution is -2.11. The largest absolute Gasteiger partial charge is 0.469 e. The molecule has 0 aliphatic rings. The molecule has 0 saturated carbocycles. The third-order valence-corrected chi connectivity index (χ3v) is 2.64. The van der Waals surface area contributed by atoms with Crippen molar-refractivity contribution in [1.82, 2.24) is 0 Å². The van der Waals surface area contributed by atoms with Crippen molar-refractivity contribution in [2.24, 2.45) is 0 Å². The number of phosphoric acid groups is 1. The summed E-state index contributed by atoms with van der Waals surface area (Å²) in [6, 6.07) is 0. The normalized spacial score (nSPS) is 11.9. The fourth-order valence-corrected chi connectivity index (χ4v) is 1.52. The molecule has 2 N–H and O–H groups in total. The van der Waals surface area contributed by atoms with Crippen LogP contribution in [0, 0.1) is 0 Å². The molecule has 0 heterocycles. The third-order valence-electron chi connectivity index (χ3n) is 2.12. The van der Waals surface area contributed by atoms with E-state index in [9.17, 15) is 4.57 Å². The number of unbranched alkanes of at least 4 members (excludes halogenated alkanes) is 2. The van der Waals surface area contributed by atoms with E-state index in [-0.39, 0.29) is 13.2 Å². The predicted molar refractivity (Wildman–Crippen MR) is 70.0 cm³/mol. The van der Waals surface area contributed by atoms with E-state index in [1.54, 1.807) is 0 Å². The van der Waals surface area contributed by atoms with Crippen molar-refractivity contribution in [1.29, 1.82) is 0 Å². The van der Waals surface area contributed by atoms with Crippen LogP contribution in [0.15, 0.2) is 0 Å². The molecule has 0 aromatic rings. The molecule has 0 fully saturated rings. The number of phosphoric ester groups is 1. The minimum atomic E-state index is -4.38. The van der Waals surface area contributed by atoms with Crippen LogP contribution in [0.4, 0.5) is 0 Å². The Morgan fingerprint density at radius 2 is 1.26 bits per heavy atom. The zero-order valence-corrected chi connectivity index (χ0v) is 12.3. The van der Waals surface area contributed by atoms with Crippen LogP contribution in [0.3, 0.4) is 0 Å². The topological polar surface area (TPSA) is 94.5 Å². The Bertz CT molecular complexity index is 231. The summed E-state index contributed by atoms with van der Waals surface area (Å²) in [5.74, 6) is 0. The van der Waals surface area contributed by atoms with Gasteiger partial charge in [-0.1, -0.05) is 19.8 Å². The van der Waals surface area contributed by atoms with Crippen molar-refractivity contribution in [3.63, 3.8) is 0 Å². The molecule has 0 unspecified atom stereocenters. The van der Waals surface area contributed by atoms with Gasteiger partial charge in [0.1, 0.15) is 0 Å². The highest BCUT2D eigenvalue weighted by Gasteiger charge is 2.12. The summed E-state index contributed by atoms with van der Waals surface area (Å²) >= 11 is 0. The van der Waals surface area contributed by atoms with E-state index in [1.807, 2.05) is 0 Å². The molecule has 0 aromatic carbocycles. The van der Waals surface area contributed by atoms with E-state index in [1.165, 1.54) is 12.8 Å². The Hall–Kier alpha value is -0.0100. The molecule has 116 valence electrons. The van der Waals surface area contributed by atoms with Crippen LogP contribution in [-0.2, 0) is 23.3 Å². The van der Waals surface area contributed by atoms with Crippen molar-refractivity contribution in [3.8, 4) is 0 Å². The van der Waals surface area contributed by atoms with Crippen molar-refractivity contribution >= 4 is 7.82 Å². The summed E-state index contributed by atoms with van der Waals surface area (Å²) in [7, 11) is -4.38. The van der Waals surface area contributed by atoms with Crippen molar-refractivity contribution in [3.05, 3.63) is 0 Å². The van der Waals surface area contributed by atoms with Crippen molar-refractivity contribution in [2.45, 2.75) is 26.2 Å². The van der Waals surface area contributed by atoms with Gasteiger partial charge in [-0.2, -0.15) is 0 Å². The van der Waals surface area contributed by atoms with Crippen LogP contribution in [0.2, 0.25) is 0 Å². The fraction of sp³-hybridized carbons (Fsp3) is 1.00. The van der Waals surface area contributed by atoms with E-state index in [0.717, 1.165) is 13.0 Å². The van der Waals surface area contributed by atoms with E-state index < -0.39 is 7.82 Å². The first-order chi connectivity index (χ1) is 9.06. The minimum Gasteiger partial charge on any atom is -0.379 e. The molecule has 0 rings (SSSR count). The second kappa shape index (κ2) is 13.0. The van der Waals surface area contributed by atoms with Gasteiger partial charge in [-0.15, -0.1) is 0 Å². The van der Waals surface area contributed by atoms with Crippen LogP contribution in [-0.4, -0.2) is 56.0 Å². The van der Waals surface area contributed by atoms with Crippen LogP contribution >= 0.6 is 7.82 Å². The third kappa shape index (κ3) is 18.0. The van der Waals surface area contributed by atoms with E-state index >= 15 is 0 Å². The maximum Gasteiger partial charge on any atom is 0.469 e. The Labute approximate surface area is 114 Å². The molecule has 0 aliphatic heterocycles. The van der Waals surface area contributed by atoms with Gasteiger partial charge in [-0.05, 0) is 6.42 Å². The highest BCUT2D eigenvalue weighted by atomic mass is 31.2. The average Bonchev–Trinajstić information content (AvgIpc) is 2.34. The summed E-state index contributed by atoms with van der Waals surface area (Å²) in [5, 5.41) is 0. The van der Waals surface area contributed by atoms with Gasteiger partial charge < -0.3 is 24.0 Å². The first-order valence-corrected chi connectivity index (χ1v) is 8.02. The maximum atomic E-state index is 10.3. The maximum absolute atomic E-state index is 10.3. The fourth-order valence-electron chi connectivity index (χ4n) is 1.21. The molecular formula is C11H25O7P. The molecule has 0 saturated heterocycles. The van der Waals surface area contributed by atoms with E-state index in [0.29, 0.717) is 26.4 Å². The molecule has 0 atom stereocenters. The lowest BCUT2D eigenvalue weighted by atomic mass is 10.3. The zero-order valence-electron chi connectivity index (χ0n) is 11.5. The van der Waals surface area contributed by atoms with Gasteiger partial charge in [0.15, 0.2) is 0 Å². The highest BCUT2D eigenvalue weighted by Crippen LogP contribution is 2.35. The molecular weight excluding hydrogens is 275 g/mol. The minimum absolute atomic E-state index is 0.127. The van der Waals surface area contributed by atoms with Crippen LogP contribution < -0.4 is 0 Å². The van der Waals surface area contributed by atoms with Gasteiger partial charge in [0.2, 0.25) is 0 Å². The summed E-state index contributed by atoms with van der Waals surface area (Å²) in [5.41, 5.74) is 0. The Balaban J connectivity index is 3.01. The second-order valence-electron chi connectivity index (χ2n) is 3.87. The quantitative estimate of drug-likeness (QED) is 0.369. The number of rotatable bonds is 14. The van der Waals surface area contributed by atoms with Crippen molar-refractivity contribution in [2.75, 3.05) is 46.2 Å². The lowest BCUT2D eigenvalue weighted by Gasteiger charge is -2.07. The number of ether oxygens (including phenoxy) is 3. The summed E-state index contributed by atoms with van der Waals surface area (Å²) < 4.78 is 30.2. The highest BCUT2D eigenvalue weighted by molar-refractivity contribution is 7.46. The number of hydrogen-bond acceptors (Lipinski definition) is 5. The summed E-state index contributed by atoms with van der Waals surface area (Å²) in [6.07, 6.45) is 3.45. The summed E-state index contributed by atoms with van der Waals surface area (Å²) in [4.78, 5) is 16.8. The van der Waals surface area contributed by atoms with Crippen LogP contribution in [0.25, 0.3) is 0 Å².